The first-order valence-electron chi connectivity index (χ1n) is 5.83. The second-order valence-corrected chi connectivity index (χ2v) is 5.24. The summed E-state index contributed by atoms with van der Waals surface area (Å²) in [6.45, 7) is 3.45. The Morgan fingerprint density at radius 2 is 2.33 bits per heavy atom. The SMILES string of the molecule is Cc1nc(/C=C/c2nc(C3CCOC3)no2)cs1. The van der Waals surface area contributed by atoms with Gasteiger partial charge in [-0.2, -0.15) is 4.98 Å². The van der Waals surface area contributed by atoms with Crippen LogP contribution in [0.3, 0.4) is 0 Å². The van der Waals surface area contributed by atoms with Gasteiger partial charge in [-0.05, 0) is 19.4 Å². The van der Waals surface area contributed by atoms with Gasteiger partial charge in [0.05, 0.1) is 17.3 Å². The molecule has 1 saturated heterocycles. The molecule has 0 aromatic carbocycles. The van der Waals surface area contributed by atoms with Crippen LogP contribution in [0, 0.1) is 6.92 Å². The van der Waals surface area contributed by atoms with E-state index in [0.29, 0.717) is 12.5 Å². The van der Waals surface area contributed by atoms with Gasteiger partial charge >= 0.3 is 0 Å². The first kappa shape index (κ1) is 11.6. The quantitative estimate of drug-likeness (QED) is 0.851. The molecule has 3 rings (SSSR count). The fraction of sp³-hybridized carbons (Fsp3) is 0.417. The van der Waals surface area contributed by atoms with Crippen LogP contribution in [0.25, 0.3) is 12.2 Å². The number of aryl methyl sites for hydroxylation is 1. The molecule has 3 heterocycles. The van der Waals surface area contributed by atoms with Gasteiger partial charge in [-0.3, -0.25) is 0 Å². The molecule has 1 atom stereocenters. The predicted molar refractivity (Wildman–Crippen MR) is 68.3 cm³/mol. The summed E-state index contributed by atoms with van der Waals surface area (Å²) in [4.78, 5) is 8.68. The van der Waals surface area contributed by atoms with E-state index in [0.717, 1.165) is 29.6 Å². The van der Waals surface area contributed by atoms with E-state index in [9.17, 15) is 0 Å². The summed E-state index contributed by atoms with van der Waals surface area (Å²) in [6, 6.07) is 0. The van der Waals surface area contributed by atoms with Crippen LogP contribution in [0.2, 0.25) is 0 Å². The maximum atomic E-state index is 5.30. The van der Waals surface area contributed by atoms with Crippen molar-refractivity contribution in [1.82, 2.24) is 15.1 Å². The first-order chi connectivity index (χ1) is 8.81. The zero-order chi connectivity index (χ0) is 12.4. The lowest BCUT2D eigenvalue weighted by atomic mass is 10.1. The average molecular weight is 263 g/mol. The monoisotopic (exact) mass is 263 g/mol. The molecule has 1 aliphatic rings. The molecule has 18 heavy (non-hydrogen) atoms. The van der Waals surface area contributed by atoms with Crippen LogP contribution in [0.1, 0.15) is 34.8 Å². The molecule has 94 valence electrons. The minimum Gasteiger partial charge on any atom is -0.381 e. The van der Waals surface area contributed by atoms with Crippen molar-refractivity contribution in [3.05, 3.63) is 27.8 Å². The van der Waals surface area contributed by atoms with Gasteiger partial charge in [-0.15, -0.1) is 11.3 Å². The van der Waals surface area contributed by atoms with E-state index < -0.39 is 0 Å². The summed E-state index contributed by atoms with van der Waals surface area (Å²) in [5.74, 6) is 1.53. The van der Waals surface area contributed by atoms with E-state index in [1.807, 2.05) is 18.4 Å². The second-order valence-electron chi connectivity index (χ2n) is 4.18. The Balaban J connectivity index is 1.71. The molecule has 0 aliphatic carbocycles. The summed E-state index contributed by atoms with van der Waals surface area (Å²) in [5, 5.41) is 7.02. The Labute approximate surface area is 109 Å². The zero-order valence-corrected chi connectivity index (χ0v) is 10.8. The van der Waals surface area contributed by atoms with Crippen LogP contribution in [-0.2, 0) is 4.74 Å². The van der Waals surface area contributed by atoms with Gasteiger partial charge in [0.25, 0.3) is 5.89 Å². The lowest BCUT2D eigenvalue weighted by Crippen LogP contribution is -1.99. The van der Waals surface area contributed by atoms with E-state index in [-0.39, 0.29) is 5.92 Å². The fourth-order valence-corrected chi connectivity index (χ4v) is 2.41. The van der Waals surface area contributed by atoms with Crippen LogP contribution in [0.5, 0.6) is 0 Å². The highest BCUT2D eigenvalue weighted by Gasteiger charge is 2.22. The summed E-state index contributed by atoms with van der Waals surface area (Å²) in [6.07, 6.45) is 4.64. The number of nitrogens with zero attached hydrogens (tertiary/aromatic N) is 3. The average Bonchev–Trinajstić information content (AvgIpc) is 3.07. The largest absolute Gasteiger partial charge is 0.381 e. The number of thiazole rings is 1. The Morgan fingerprint density at radius 1 is 1.39 bits per heavy atom. The van der Waals surface area contributed by atoms with Gasteiger partial charge in [0.15, 0.2) is 5.82 Å². The van der Waals surface area contributed by atoms with Crippen molar-refractivity contribution in [3.8, 4) is 0 Å². The van der Waals surface area contributed by atoms with Gasteiger partial charge in [-0.1, -0.05) is 5.16 Å². The van der Waals surface area contributed by atoms with Gasteiger partial charge < -0.3 is 9.26 Å². The molecule has 0 saturated carbocycles. The molecular weight excluding hydrogens is 250 g/mol. The lowest BCUT2D eigenvalue weighted by molar-refractivity contribution is 0.192. The predicted octanol–water partition coefficient (Wildman–Crippen LogP) is 2.51. The van der Waals surface area contributed by atoms with E-state index in [1.165, 1.54) is 0 Å². The molecule has 1 aliphatic heterocycles. The second kappa shape index (κ2) is 4.99. The summed E-state index contributed by atoms with van der Waals surface area (Å²) in [5.41, 5.74) is 0.918. The highest BCUT2D eigenvalue weighted by molar-refractivity contribution is 7.09. The maximum absolute atomic E-state index is 5.30. The number of hydrogen-bond acceptors (Lipinski definition) is 6. The topological polar surface area (TPSA) is 61.0 Å². The fourth-order valence-electron chi connectivity index (χ4n) is 1.83. The van der Waals surface area contributed by atoms with Crippen molar-refractivity contribution in [1.29, 1.82) is 0 Å². The lowest BCUT2D eigenvalue weighted by Gasteiger charge is -1.97. The van der Waals surface area contributed by atoms with Crippen LogP contribution in [0.15, 0.2) is 9.90 Å². The molecule has 0 amide bonds. The van der Waals surface area contributed by atoms with Crippen LogP contribution in [-0.4, -0.2) is 28.3 Å². The van der Waals surface area contributed by atoms with Crippen molar-refractivity contribution in [3.63, 3.8) is 0 Å². The van der Waals surface area contributed by atoms with E-state index in [1.54, 1.807) is 17.4 Å². The molecule has 2 aromatic heterocycles. The molecule has 5 nitrogen and oxygen atoms in total. The van der Waals surface area contributed by atoms with Gasteiger partial charge in [0.1, 0.15) is 0 Å². The van der Waals surface area contributed by atoms with E-state index in [4.69, 9.17) is 9.26 Å². The van der Waals surface area contributed by atoms with E-state index >= 15 is 0 Å². The standard InChI is InChI=1S/C12H13N3O2S/c1-8-13-10(7-18-8)2-3-11-14-12(15-17-11)9-4-5-16-6-9/h2-3,7,9H,4-6H2,1H3/b3-2+. The van der Waals surface area contributed by atoms with E-state index in [2.05, 4.69) is 15.1 Å². The minimum atomic E-state index is 0.275. The smallest absolute Gasteiger partial charge is 0.250 e. The third kappa shape index (κ3) is 2.49. The third-order valence-corrected chi connectivity index (χ3v) is 3.58. The zero-order valence-electron chi connectivity index (χ0n) is 10.00. The Morgan fingerprint density at radius 3 is 3.06 bits per heavy atom. The highest BCUT2D eigenvalue weighted by atomic mass is 32.1. The van der Waals surface area contributed by atoms with Crippen molar-refractivity contribution in [2.45, 2.75) is 19.3 Å². The minimum absolute atomic E-state index is 0.275. The number of rotatable bonds is 3. The molecule has 6 heteroatoms. The molecule has 0 bridgehead atoms. The summed E-state index contributed by atoms with van der Waals surface area (Å²) < 4.78 is 10.5. The Bertz CT molecular complexity index is 555. The molecular formula is C12H13N3O2S. The van der Waals surface area contributed by atoms with Crippen LogP contribution in [0.4, 0.5) is 0 Å². The first-order valence-corrected chi connectivity index (χ1v) is 6.71. The van der Waals surface area contributed by atoms with Gasteiger partial charge in [0.2, 0.25) is 0 Å². The van der Waals surface area contributed by atoms with Crippen LogP contribution >= 0.6 is 11.3 Å². The van der Waals surface area contributed by atoms with Crippen molar-refractivity contribution in [2.24, 2.45) is 0 Å². The Hall–Kier alpha value is -1.53. The molecule has 0 N–H and O–H groups in total. The molecule has 0 spiro atoms. The molecule has 1 unspecified atom stereocenters. The van der Waals surface area contributed by atoms with Crippen molar-refractivity contribution >= 4 is 23.5 Å². The summed E-state index contributed by atoms with van der Waals surface area (Å²) >= 11 is 1.62. The summed E-state index contributed by atoms with van der Waals surface area (Å²) in [7, 11) is 0. The number of hydrogen-bond donors (Lipinski definition) is 0. The molecule has 0 radical (unpaired) electrons. The van der Waals surface area contributed by atoms with Gasteiger partial charge in [-0.25, -0.2) is 4.98 Å². The molecule has 2 aromatic rings. The molecule has 1 fully saturated rings. The third-order valence-electron chi connectivity index (χ3n) is 2.79. The highest BCUT2D eigenvalue weighted by Crippen LogP contribution is 2.22. The Kier molecular flexibility index (Phi) is 3.21. The number of aromatic nitrogens is 3. The van der Waals surface area contributed by atoms with Crippen LogP contribution < -0.4 is 0 Å². The van der Waals surface area contributed by atoms with Gasteiger partial charge in [0, 0.05) is 24.0 Å². The number of ether oxygens (including phenoxy) is 1. The van der Waals surface area contributed by atoms with Crippen molar-refractivity contribution < 1.29 is 9.26 Å². The maximum Gasteiger partial charge on any atom is 0.250 e. The van der Waals surface area contributed by atoms with Crippen molar-refractivity contribution in [2.75, 3.05) is 13.2 Å². The normalized spacial score (nSPS) is 19.9.